The van der Waals surface area contributed by atoms with Gasteiger partial charge in [-0.1, -0.05) is 24.5 Å². The van der Waals surface area contributed by atoms with Gasteiger partial charge in [0.05, 0.1) is 17.3 Å². The van der Waals surface area contributed by atoms with E-state index in [1.807, 2.05) is 0 Å². The Morgan fingerprint density at radius 3 is 2.61 bits per heavy atom. The summed E-state index contributed by atoms with van der Waals surface area (Å²) in [7, 11) is 3.06. The molecule has 0 atom stereocenters. The van der Waals surface area contributed by atoms with Gasteiger partial charge in [-0.2, -0.15) is 0 Å². The summed E-state index contributed by atoms with van der Waals surface area (Å²) >= 11 is 0. The molecule has 4 rings (SSSR count). The van der Waals surface area contributed by atoms with Crippen LogP contribution in [0.1, 0.15) is 68.7 Å². The molecule has 36 heavy (non-hydrogen) atoms. The first-order chi connectivity index (χ1) is 17.3. The third-order valence-corrected chi connectivity index (χ3v) is 6.51. The molecule has 0 aromatic carbocycles. The Kier molecular flexibility index (Phi) is 8.32. The Bertz CT molecular complexity index is 1070. The van der Waals surface area contributed by atoms with Gasteiger partial charge in [0, 0.05) is 33.0 Å². The molecule has 0 spiro atoms. The molecule has 0 N–H and O–H groups in total. The van der Waals surface area contributed by atoms with Crippen molar-refractivity contribution in [3.63, 3.8) is 0 Å². The van der Waals surface area contributed by atoms with Crippen LogP contribution in [0, 0.1) is 5.92 Å². The molecule has 196 valence electrons. The number of amides is 1. The topological polar surface area (TPSA) is 109 Å². The second-order valence-corrected chi connectivity index (χ2v) is 9.34. The number of hydrogen-bond donors (Lipinski definition) is 0. The van der Waals surface area contributed by atoms with Gasteiger partial charge in [-0.3, -0.25) is 9.78 Å². The Morgan fingerprint density at radius 1 is 1.17 bits per heavy atom. The summed E-state index contributed by atoms with van der Waals surface area (Å²) in [5, 5.41) is 8.20. The summed E-state index contributed by atoms with van der Waals surface area (Å²) in [6.45, 7) is -0.277. The van der Waals surface area contributed by atoms with Crippen molar-refractivity contribution in [2.45, 2.75) is 70.3 Å². The van der Waals surface area contributed by atoms with Gasteiger partial charge in [-0.15, -0.1) is 5.10 Å². The number of alkyl halides is 2. The van der Waals surface area contributed by atoms with Crippen LogP contribution in [0.15, 0.2) is 12.1 Å². The fourth-order valence-electron chi connectivity index (χ4n) is 4.17. The highest BCUT2D eigenvalue weighted by atomic mass is 19.3. The van der Waals surface area contributed by atoms with Crippen molar-refractivity contribution >= 4 is 12.1 Å². The van der Waals surface area contributed by atoms with Crippen LogP contribution >= 0.6 is 0 Å². The summed E-state index contributed by atoms with van der Waals surface area (Å²) in [6, 6.07) is 3.37. The minimum absolute atomic E-state index is 0.119. The molecule has 2 aliphatic rings. The van der Waals surface area contributed by atoms with E-state index in [9.17, 15) is 18.4 Å². The number of hydrogen-bond acceptors (Lipinski definition) is 8. The standard InChI is InChI=1S/C24H31F2N5O5/c1-30(13-12-20(25)26)24(33)34-14-18-22(28-29-31(18)2)17-10-11-19(21(27-17)15-8-9-15)35-36-23(32)16-6-4-3-5-7-16/h10-11,15-16,20H,3-9,12-14H2,1-2H3. The molecule has 0 aliphatic heterocycles. The lowest BCUT2D eigenvalue weighted by Crippen LogP contribution is -2.29. The molecule has 1 amide bonds. The lowest BCUT2D eigenvalue weighted by molar-refractivity contribution is -0.220. The molecule has 2 fully saturated rings. The number of rotatable bonds is 10. The maximum absolute atomic E-state index is 12.4. The second-order valence-electron chi connectivity index (χ2n) is 9.34. The van der Waals surface area contributed by atoms with Crippen molar-refractivity contribution in [2.75, 3.05) is 13.6 Å². The van der Waals surface area contributed by atoms with Crippen molar-refractivity contribution in [2.24, 2.45) is 13.0 Å². The zero-order chi connectivity index (χ0) is 25.7. The van der Waals surface area contributed by atoms with Gasteiger partial charge < -0.3 is 9.64 Å². The molecule has 0 saturated heterocycles. The fourth-order valence-corrected chi connectivity index (χ4v) is 4.17. The third kappa shape index (κ3) is 6.46. The first kappa shape index (κ1) is 25.8. The van der Waals surface area contributed by atoms with E-state index in [1.54, 1.807) is 19.2 Å². The van der Waals surface area contributed by atoms with Gasteiger partial charge in [0.1, 0.15) is 18.0 Å². The summed E-state index contributed by atoms with van der Waals surface area (Å²) in [6.07, 6.45) is 3.05. The molecule has 2 heterocycles. The van der Waals surface area contributed by atoms with Crippen LogP contribution in [0.4, 0.5) is 13.6 Å². The lowest BCUT2D eigenvalue weighted by Gasteiger charge is -2.19. The molecule has 12 heteroatoms. The summed E-state index contributed by atoms with van der Waals surface area (Å²) in [5.41, 5.74) is 2.10. The first-order valence-corrected chi connectivity index (χ1v) is 12.3. The summed E-state index contributed by atoms with van der Waals surface area (Å²) < 4.78 is 31.6. The number of carbonyl (C=O) groups excluding carboxylic acids is 2. The minimum atomic E-state index is -2.50. The van der Waals surface area contributed by atoms with E-state index in [4.69, 9.17) is 19.5 Å². The number of aromatic nitrogens is 4. The Labute approximate surface area is 207 Å². The summed E-state index contributed by atoms with van der Waals surface area (Å²) in [5.74, 6) is 0.101. The van der Waals surface area contributed by atoms with E-state index >= 15 is 0 Å². The van der Waals surface area contributed by atoms with E-state index in [2.05, 4.69) is 10.3 Å². The fraction of sp³-hybridized carbons (Fsp3) is 0.625. The van der Waals surface area contributed by atoms with E-state index in [0.717, 1.165) is 49.8 Å². The smallest absolute Gasteiger partial charge is 0.409 e. The van der Waals surface area contributed by atoms with Crippen LogP contribution in [0.5, 0.6) is 5.75 Å². The maximum Gasteiger partial charge on any atom is 0.409 e. The average Bonchev–Trinajstić information content (AvgIpc) is 3.67. The molecule has 2 aromatic heterocycles. The molecular formula is C24H31F2N5O5. The van der Waals surface area contributed by atoms with Crippen LogP contribution in [-0.2, 0) is 28.1 Å². The van der Waals surface area contributed by atoms with Crippen LogP contribution < -0.4 is 4.89 Å². The van der Waals surface area contributed by atoms with E-state index in [0.29, 0.717) is 28.5 Å². The zero-order valence-corrected chi connectivity index (χ0v) is 20.5. The van der Waals surface area contributed by atoms with Crippen LogP contribution in [0.2, 0.25) is 0 Å². The molecule has 10 nitrogen and oxygen atoms in total. The highest BCUT2D eigenvalue weighted by Gasteiger charge is 2.31. The predicted molar refractivity (Wildman–Crippen MR) is 123 cm³/mol. The predicted octanol–water partition coefficient (Wildman–Crippen LogP) is 4.40. The second kappa shape index (κ2) is 11.6. The van der Waals surface area contributed by atoms with Gasteiger partial charge in [0.25, 0.3) is 0 Å². The molecule has 2 saturated carbocycles. The zero-order valence-electron chi connectivity index (χ0n) is 20.5. The number of nitrogens with zero attached hydrogens (tertiary/aromatic N) is 5. The lowest BCUT2D eigenvalue weighted by atomic mass is 9.89. The SMILES string of the molecule is CN(CCC(F)F)C(=O)OCc1c(-c2ccc(OOC(=O)C3CCCCC3)c(C3CC3)n2)nnn1C. The van der Waals surface area contributed by atoms with Gasteiger partial charge in [0.15, 0.2) is 0 Å². The largest absolute Gasteiger partial charge is 0.443 e. The van der Waals surface area contributed by atoms with Crippen LogP contribution in [-0.4, -0.2) is 57.0 Å². The first-order valence-electron chi connectivity index (χ1n) is 12.3. The number of pyridine rings is 1. The molecule has 0 radical (unpaired) electrons. The van der Waals surface area contributed by atoms with Crippen LogP contribution in [0.3, 0.4) is 0 Å². The summed E-state index contributed by atoms with van der Waals surface area (Å²) in [4.78, 5) is 41.0. The van der Waals surface area contributed by atoms with Crippen molar-refractivity contribution in [3.05, 3.63) is 23.5 Å². The molecule has 0 unspecified atom stereocenters. The third-order valence-electron chi connectivity index (χ3n) is 6.51. The van der Waals surface area contributed by atoms with Crippen molar-refractivity contribution in [1.82, 2.24) is 24.9 Å². The normalized spacial score (nSPS) is 16.1. The van der Waals surface area contributed by atoms with Crippen molar-refractivity contribution in [3.8, 4) is 17.1 Å². The van der Waals surface area contributed by atoms with E-state index < -0.39 is 18.9 Å². The molecule has 2 aromatic rings. The quantitative estimate of drug-likeness (QED) is 0.344. The van der Waals surface area contributed by atoms with Crippen LogP contribution in [0.25, 0.3) is 11.4 Å². The number of halogens is 2. The van der Waals surface area contributed by atoms with Gasteiger partial charge >= 0.3 is 12.1 Å². The van der Waals surface area contributed by atoms with Gasteiger partial charge in [-0.05, 0) is 37.8 Å². The Balaban J connectivity index is 1.44. The minimum Gasteiger partial charge on any atom is -0.443 e. The number of aryl methyl sites for hydroxylation is 1. The van der Waals surface area contributed by atoms with Crippen molar-refractivity contribution in [1.29, 1.82) is 0 Å². The monoisotopic (exact) mass is 507 g/mol. The molecule has 2 aliphatic carbocycles. The average molecular weight is 508 g/mol. The molecule has 0 bridgehead atoms. The highest BCUT2D eigenvalue weighted by Crippen LogP contribution is 2.44. The Morgan fingerprint density at radius 2 is 1.92 bits per heavy atom. The Hall–Kier alpha value is -3.31. The van der Waals surface area contributed by atoms with Gasteiger partial charge in [0.2, 0.25) is 12.2 Å². The number of carbonyl (C=O) groups is 2. The van der Waals surface area contributed by atoms with E-state index in [-0.39, 0.29) is 31.0 Å². The van der Waals surface area contributed by atoms with Gasteiger partial charge in [-0.25, -0.2) is 28.0 Å². The maximum atomic E-state index is 12.4. The number of ether oxygens (including phenoxy) is 1. The van der Waals surface area contributed by atoms with Crippen molar-refractivity contribution < 1.29 is 32.9 Å². The van der Waals surface area contributed by atoms with E-state index in [1.165, 1.54) is 11.7 Å². The highest BCUT2D eigenvalue weighted by molar-refractivity contribution is 5.72. The molecular weight excluding hydrogens is 476 g/mol.